The van der Waals surface area contributed by atoms with Gasteiger partial charge in [0.2, 0.25) is 16.0 Å². The lowest BCUT2D eigenvalue weighted by Crippen LogP contribution is -2.25. The third-order valence-electron chi connectivity index (χ3n) is 5.71. The SMILES string of the molecule is C[C@H]1CCCOC(=O)NCCCCCCCCNS(=O)(=O)c2ccc(nc2)Nc2ncc1cn2. The lowest BCUT2D eigenvalue weighted by atomic mass is 9.99. The van der Waals surface area contributed by atoms with Crippen molar-refractivity contribution < 1.29 is 17.9 Å². The van der Waals surface area contributed by atoms with Gasteiger partial charge in [-0.2, -0.15) is 0 Å². The van der Waals surface area contributed by atoms with Crippen molar-refractivity contribution in [3.05, 3.63) is 36.3 Å². The summed E-state index contributed by atoms with van der Waals surface area (Å²) >= 11 is 0. The molecule has 5 rings (SSSR count). The maximum atomic E-state index is 12.5. The van der Waals surface area contributed by atoms with Gasteiger partial charge in [-0.1, -0.05) is 32.6 Å². The summed E-state index contributed by atoms with van der Waals surface area (Å²) in [5.41, 5.74) is 0.983. The number of aromatic nitrogens is 3. The number of alkyl carbamates (subject to hydrolysis) is 1. The minimum atomic E-state index is -3.60. The summed E-state index contributed by atoms with van der Waals surface area (Å²) in [6.07, 6.45) is 11.7. The molecule has 4 bridgehead atoms. The Bertz CT molecular complexity index is 999. The lowest BCUT2D eigenvalue weighted by Gasteiger charge is -2.12. The van der Waals surface area contributed by atoms with Gasteiger partial charge in [0.05, 0.1) is 6.61 Å². The molecule has 0 aliphatic carbocycles. The van der Waals surface area contributed by atoms with Crippen molar-refractivity contribution in [2.45, 2.75) is 69.1 Å². The second-order valence-electron chi connectivity index (χ2n) is 8.47. The Kier molecular flexibility index (Phi) is 10.0. The molecule has 11 heteroatoms. The van der Waals surface area contributed by atoms with E-state index in [9.17, 15) is 13.2 Å². The first-order valence-corrected chi connectivity index (χ1v) is 13.4. The molecule has 186 valence electrons. The average Bonchev–Trinajstić information content (AvgIpc) is 2.83. The normalized spacial score (nSPS) is 21.2. The van der Waals surface area contributed by atoms with Crippen molar-refractivity contribution >= 4 is 27.9 Å². The van der Waals surface area contributed by atoms with Gasteiger partial charge in [0.25, 0.3) is 0 Å². The topological polar surface area (TPSA) is 135 Å². The van der Waals surface area contributed by atoms with Crippen molar-refractivity contribution in [2.75, 3.05) is 25.0 Å². The van der Waals surface area contributed by atoms with Gasteiger partial charge in [0.1, 0.15) is 10.7 Å². The highest BCUT2D eigenvalue weighted by atomic mass is 32.2. The summed E-state index contributed by atoms with van der Waals surface area (Å²) < 4.78 is 32.8. The molecule has 0 radical (unpaired) electrons. The van der Waals surface area contributed by atoms with E-state index in [1.54, 1.807) is 18.5 Å². The molecule has 5 heterocycles. The van der Waals surface area contributed by atoms with E-state index in [0.717, 1.165) is 56.9 Å². The summed E-state index contributed by atoms with van der Waals surface area (Å²) in [6.45, 7) is 3.44. The molecule has 0 aromatic carbocycles. The van der Waals surface area contributed by atoms with Crippen LogP contribution in [0.15, 0.2) is 35.6 Å². The number of pyridine rings is 1. The smallest absolute Gasteiger partial charge is 0.407 e. The molecule has 0 unspecified atom stereocenters. The fourth-order valence-corrected chi connectivity index (χ4v) is 4.61. The van der Waals surface area contributed by atoms with E-state index in [1.807, 2.05) is 0 Å². The average molecular weight is 491 g/mol. The standard InChI is InChI=1S/C23H34N6O4S/c1-18-9-8-14-33-23(30)24-12-6-4-2-3-5-7-13-28-34(31,32)20-10-11-21(25-17-20)29-22-26-15-19(18)16-27-22/h10-11,15-18,28H,2-9,12-14H2,1H3,(H,24,30)(H,25,26,27,29)/t18-/m0/s1. The van der Waals surface area contributed by atoms with Crippen LogP contribution in [0.3, 0.4) is 0 Å². The van der Waals surface area contributed by atoms with Crippen LogP contribution in [0.5, 0.6) is 0 Å². The molecule has 2 aromatic rings. The number of rotatable bonds is 0. The van der Waals surface area contributed by atoms with Crippen molar-refractivity contribution in [2.24, 2.45) is 0 Å². The number of carbonyl (C=O) groups excluding carboxylic acids is 1. The van der Waals surface area contributed by atoms with E-state index < -0.39 is 10.0 Å². The Morgan fingerprint density at radius 1 is 0.912 bits per heavy atom. The van der Waals surface area contributed by atoms with Crippen LogP contribution < -0.4 is 15.4 Å². The highest BCUT2D eigenvalue weighted by Gasteiger charge is 2.14. The van der Waals surface area contributed by atoms with Gasteiger partial charge < -0.3 is 15.4 Å². The van der Waals surface area contributed by atoms with Crippen molar-refractivity contribution in [1.82, 2.24) is 25.0 Å². The predicted molar refractivity (Wildman–Crippen MR) is 129 cm³/mol. The number of amides is 1. The number of carbonyl (C=O) groups is 1. The number of anilines is 2. The number of fused-ring (bicyclic) bond motifs is 2. The summed E-state index contributed by atoms with van der Waals surface area (Å²) in [5.74, 6) is 1.05. The second kappa shape index (κ2) is 13.2. The molecule has 3 aliphatic rings. The highest BCUT2D eigenvalue weighted by Crippen LogP contribution is 2.20. The molecule has 10 nitrogen and oxygen atoms in total. The predicted octanol–water partition coefficient (Wildman–Crippen LogP) is 3.86. The molecular weight excluding hydrogens is 456 g/mol. The van der Waals surface area contributed by atoms with Gasteiger partial charge in [0, 0.05) is 31.7 Å². The monoisotopic (exact) mass is 490 g/mol. The summed E-state index contributed by atoms with van der Waals surface area (Å²) in [6, 6.07) is 3.10. The number of nitrogens with one attached hydrogen (secondary N) is 3. The summed E-state index contributed by atoms with van der Waals surface area (Å²) in [5, 5.41) is 5.77. The minimum absolute atomic E-state index is 0.121. The van der Waals surface area contributed by atoms with Crippen molar-refractivity contribution in [3.63, 3.8) is 0 Å². The summed E-state index contributed by atoms with van der Waals surface area (Å²) in [7, 11) is -3.60. The first kappa shape index (κ1) is 25.8. The van der Waals surface area contributed by atoms with Crippen LogP contribution in [0.1, 0.15) is 69.8 Å². The Balaban J connectivity index is 1.62. The van der Waals surface area contributed by atoms with E-state index in [2.05, 4.69) is 37.2 Å². The van der Waals surface area contributed by atoms with E-state index in [1.165, 1.54) is 12.3 Å². The molecule has 3 aliphatic heterocycles. The van der Waals surface area contributed by atoms with Gasteiger partial charge in [-0.3, -0.25) is 0 Å². The number of hydrogen-bond acceptors (Lipinski definition) is 8. The Labute approximate surface area is 201 Å². The first-order chi connectivity index (χ1) is 16.4. The zero-order chi connectivity index (χ0) is 24.2. The number of hydrogen-bond donors (Lipinski definition) is 3. The van der Waals surface area contributed by atoms with Crippen LogP contribution in [-0.2, 0) is 14.8 Å². The molecule has 2 aromatic heterocycles. The van der Waals surface area contributed by atoms with E-state index in [-0.39, 0.29) is 16.9 Å². The molecule has 3 N–H and O–H groups in total. The summed E-state index contributed by atoms with van der Waals surface area (Å²) in [4.78, 5) is 24.8. The van der Waals surface area contributed by atoms with Crippen LogP contribution in [0.2, 0.25) is 0 Å². The van der Waals surface area contributed by atoms with E-state index in [4.69, 9.17) is 4.74 Å². The maximum Gasteiger partial charge on any atom is 0.407 e. The van der Waals surface area contributed by atoms with Gasteiger partial charge in [-0.25, -0.2) is 32.9 Å². The largest absolute Gasteiger partial charge is 0.450 e. The van der Waals surface area contributed by atoms with Crippen LogP contribution in [0.25, 0.3) is 0 Å². The number of ether oxygens (including phenoxy) is 1. The molecule has 1 atom stereocenters. The van der Waals surface area contributed by atoms with Crippen molar-refractivity contribution in [3.8, 4) is 0 Å². The molecule has 0 saturated carbocycles. The molecule has 0 spiro atoms. The maximum absolute atomic E-state index is 12.5. The second-order valence-corrected chi connectivity index (χ2v) is 10.2. The lowest BCUT2D eigenvalue weighted by molar-refractivity contribution is 0.143. The zero-order valence-corrected chi connectivity index (χ0v) is 20.4. The highest BCUT2D eigenvalue weighted by molar-refractivity contribution is 7.89. The fraction of sp³-hybridized carbons (Fsp3) is 0.565. The fourth-order valence-electron chi connectivity index (χ4n) is 3.59. The number of nitrogens with zero attached hydrogens (tertiary/aromatic N) is 3. The molecule has 1 amide bonds. The van der Waals surface area contributed by atoms with Gasteiger partial charge in [0.15, 0.2) is 0 Å². The van der Waals surface area contributed by atoms with Crippen molar-refractivity contribution in [1.29, 1.82) is 0 Å². The van der Waals surface area contributed by atoms with Crippen LogP contribution >= 0.6 is 0 Å². The zero-order valence-electron chi connectivity index (χ0n) is 19.6. The van der Waals surface area contributed by atoms with Gasteiger partial charge >= 0.3 is 6.09 Å². The molecule has 34 heavy (non-hydrogen) atoms. The van der Waals surface area contributed by atoms with Crippen LogP contribution in [0, 0.1) is 0 Å². The van der Waals surface area contributed by atoms with Crippen LogP contribution in [0.4, 0.5) is 16.6 Å². The van der Waals surface area contributed by atoms with E-state index >= 15 is 0 Å². The van der Waals surface area contributed by atoms with E-state index in [0.29, 0.717) is 31.5 Å². The Morgan fingerprint density at radius 3 is 2.32 bits per heavy atom. The molecular formula is C23H34N6O4S. The van der Waals surface area contributed by atoms with Crippen LogP contribution in [-0.4, -0.2) is 49.2 Å². The molecule has 0 saturated heterocycles. The van der Waals surface area contributed by atoms with Gasteiger partial charge in [-0.15, -0.1) is 0 Å². The third-order valence-corrected chi connectivity index (χ3v) is 7.15. The first-order valence-electron chi connectivity index (χ1n) is 11.9. The third kappa shape index (κ3) is 8.53. The number of sulfonamides is 1. The Hall–Kier alpha value is -2.79. The Morgan fingerprint density at radius 2 is 1.62 bits per heavy atom. The molecule has 0 fully saturated rings. The minimum Gasteiger partial charge on any atom is -0.450 e. The van der Waals surface area contributed by atoms with Gasteiger partial charge in [-0.05, 0) is 49.3 Å². The quantitative estimate of drug-likeness (QED) is 0.507.